The zero-order valence-corrected chi connectivity index (χ0v) is 16.5. The minimum Gasteiger partial charge on any atom is -0.318 e. The van der Waals surface area contributed by atoms with E-state index in [0.29, 0.717) is 11.4 Å². The number of carbonyl (C=O) groups excluding carboxylic acids is 1. The summed E-state index contributed by atoms with van der Waals surface area (Å²) in [5, 5.41) is 13.3. The lowest BCUT2D eigenvalue weighted by Gasteiger charge is -2.11. The van der Waals surface area contributed by atoms with Crippen molar-refractivity contribution in [2.75, 3.05) is 10.0 Å². The summed E-state index contributed by atoms with van der Waals surface area (Å²) < 4.78 is 66.4. The first-order valence-corrected chi connectivity index (χ1v) is 10.5. The van der Waals surface area contributed by atoms with Crippen molar-refractivity contribution in [3.63, 3.8) is 0 Å². The Morgan fingerprint density at radius 2 is 1.77 bits per heavy atom. The minimum absolute atomic E-state index is 0.185. The summed E-state index contributed by atoms with van der Waals surface area (Å²) in [7, 11) is -4.03. The summed E-state index contributed by atoms with van der Waals surface area (Å²) in [6.07, 6.45) is -3.09. The number of nitrogens with zero attached hydrogens (tertiary/aromatic N) is 4. The number of amides is 1. The van der Waals surface area contributed by atoms with Gasteiger partial charge in [-0.15, -0.1) is 5.10 Å². The number of aromatic nitrogens is 4. The quantitative estimate of drug-likeness (QED) is 0.594. The molecule has 1 amide bonds. The minimum atomic E-state index is -5.05. The van der Waals surface area contributed by atoms with E-state index in [2.05, 4.69) is 20.2 Å². The molecule has 3 aromatic rings. The molecule has 13 heteroatoms. The van der Waals surface area contributed by atoms with Gasteiger partial charge in [-0.3, -0.25) is 9.52 Å². The zero-order chi connectivity index (χ0) is 22.2. The van der Waals surface area contributed by atoms with E-state index < -0.39 is 22.1 Å². The Morgan fingerprint density at radius 1 is 1.06 bits per heavy atom. The van der Waals surface area contributed by atoms with Gasteiger partial charge >= 0.3 is 12.1 Å². The van der Waals surface area contributed by atoms with Gasteiger partial charge in [0, 0.05) is 16.9 Å². The number of anilines is 2. The van der Waals surface area contributed by atoms with Crippen LogP contribution in [0.5, 0.6) is 0 Å². The highest BCUT2D eigenvalue weighted by atomic mass is 32.2. The SMILES string of the molecule is O=C(Nc1ccc(S(=O)(=O)Nc2cccc(-c3nnnn3C3CC3)c2)cc1)C(F)(F)F. The molecule has 9 nitrogen and oxygen atoms in total. The molecule has 0 saturated heterocycles. The van der Waals surface area contributed by atoms with Crippen LogP contribution in [0, 0.1) is 0 Å². The van der Waals surface area contributed by atoms with Crippen molar-refractivity contribution < 1.29 is 26.4 Å². The molecule has 0 radical (unpaired) electrons. The van der Waals surface area contributed by atoms with E-state index in [0.717, 1.165) is 37.1 Å². The van der Waals surface area contributed by atoms with Gasteiger partial charge in [-0.25, -0.2) is 13.1 Å². The van der Waals surface area contributed by atoms with E-state index in [9.17, 15) is 26.4 Å². The Morgan fingerprint density at radius 3 is 2.42 bits per heavy atom. The fourth-order valence-corrected chi connectivity index (χ4v) is 3.85. The van der Waals surface area contributed by atoms with Crippen LogP contribution in [0.15, 0.2) is 53.4 Å². The molecule has 0 bridgehead atoms. The number of tetrazole rings is 1. The molecule has 1 aliphatic rings. The number of carbonyl (C=O) groups is 1. The first-order valence-electron chi connectivity index (χ1n) is 9.03. The van der Waals surface area contributed by atoms with E-state index in [1.165, 1.54) is 0 Å². The Balaban J connectivity index is 1.51. The van der Waals surface area contributed by atoms with Crippen LogP contribution in [-0.2, 0) is 14.8 Å². The maximum atomic E-state index is 12.7. The normalized spacial score (nSPS) is 14.3. The van der Waals surface area contributed by atoms with E-state index in [4.69, 9.17) is 0 Å². The van der Waals surface area contributed by atoms with E-state index in [1.54, 1.807) is 34.3 Å². The van der Waals surface area contributed by atoms with Crippen molar-refractivity contribution in [2.45, 2.75) is 30.0 Å². The van der Waals surface area contributed by atoms with Crippen LogP contribution in [0.3, 0.4) is 0 Å². The van der Waals surface area contributed by atoms with Crippen molar-refractivity contribution in [3.05, 3.63) is 48.5 Å². The van der Waals surface area contributed by atoms with Crippen molar-refractivity contribution in [3.8, 4) is 11.4 Å². The highest BCUT2D eigenvalue weighted by Crippen LogP contribution is 2.37. The molecule has 162 valence electrons. The zero-order valence-electron chi connectivity index (χ0n) is 15.7. The van der Waals surface area contributed by atoms with E-state index in [-0.39, 0.29) is 22.3 Å². The van der Waals surface area contributed by atoms with Gasteiger partial charge in [-0.1, -0.05) is 12.1 Å². The smallest absolute Gasteiger partial charge is 0.318 e. The standard InChI is InChI=1S/C18H15F3N6O3S/c19-18(20,21)17(28)22-12-4-8-15(9-5-12)31(29,30)24-13-3-1-2-11(10-13)16-23-25-26-27(16)14-6-7-14/h1-5,8-10,14,24H,6-7H2,(H,22,28). The van der Waals surface area contributed by atoms with Crippen molar-refractivity contribution in [1.29, 1.82) is 0 Å². The van der Waals surface area contributed by atoms with E-state index >= 15 is 0 Å². The second-order valence-corrected chi connectivity index (χ2v) is 8.52. The third kappa shape index (κ3) is 4.66. The van der Waals surface area contributed by atoms with Crippen molar-refractivity contribution >= 4 is 27.3 Å². The summed E-state index contributed by atoms with van der Waals surface area (Å²) >= 11 is 0. The van der Waals surface area contributed by atoms with Gasteiger partial charge in [0.05, 0.1) is 10.9 Å². The fourth-order valence-electron chi connectivity index (χ4n) is 2.80. The van der Waals surface area contributed by atoms with Crippen LogP contribution < -0.4 is 10.0 Å². The molecule has 1 aliphatic carbocycles. The second kappa shape index (κ2) is 7.65. The van der Waals surface area contributed by atoms with Gasteiger partial charge in [-0.05, 0) is 59.7 Å². The Bertz CT molecular complexity index is 1220. The van der Waals surface area contributed by atoms with Gasteiger partial charge in [0.2, 0.25) is 0 Å². The lowest BCUT2D eigenvalue weighted by atomic mass is 10.2. The fraction of sp³-hybridized carbons (Fsp3) is 0.222. The third-order valence-corrected chi connectivity index (χ3v) is 5.84. The molecule has 2 N–H and O–H groups in total. The molecule has 0 unspecified atom stereocenters. The number of nitrogens with one attached hydrogen (secondary N) is 2. The summed E-state index contributed by atoms with van der Waals surface area (Å²) in [6.45, 7) is 0. The molecule has 4 rings (SSSR count). The lowest BCUT2D eigenvalue weighted by molar-refractivity contribution is -0.167. The predicted octanol–water partition coefficient (Wildman–Crippen LogP) is 2.98. The molecular formula is C18H15F3N6O3S. The number of hydrogen-bond donors (Lipinski definition) is 2. The average Bonchev–Trinajstić information content (AvgIpc) is 3.44. The van der Waals surface area contributed by atoms with Crippen LogP contribution in [0.4, 0.5) is 24.5 Å². The highest BCUT2D eigenvalue weighted by molar-refractivity contribution is 7.92. The average molecular weight is 452 g/mol. The lowest BCUT2D eigenvalue weighted by Crippen LogP contribution is -2.29. The monoisotopic (exact) mass is 452 g/mol. The topological polar surface area (TPSA) is 119 Å². The Kier molecular flexibility index (Phi) is 5.13. The number of hydrogen-bond acceptors (Lipinski definition) is 6. The molecule has 1 heterocycles. The van der Waals surface area contributed by atoms with Crippen molar-refractivity contribution in [2.24, 2.45) is 0 Å². The van der Waals surface area contributed by atoms with Gasteiger partial charge in [0.1, 0.15) is 0 Å². The van der Waals surface area contributed by atoms with Gasteiger partial charge < -0.3 is 5.32 Å². The first-order chi connectivity index (χ1) is 14.6. The maximum absolute atomic E-state index is 12.7. The van der Waals surface area contributed by atoms with Gasteiger partial charge in [0.25, 0.3) is 10.0 Å². The van der Waals surface area contributed by atoms with E-state index in [1.807, 2.05) is 0 Å². The maximum Gasteiger partial charge on any atom is 0.471 e. The predicted molar refractivity (Wildman–Crippen MR) is 103 cm³/mol. The van der Waals surface area contributed by atoms with Crippen LogP contribution in [0.2, 0.25) is 0 Å². The number of benzene rings is 2. The summed E-state index contributed by atoms with van der Waals surface area (Å²) in [4.78, 5) is 10.8. The van der Waals surface area contributed by atoms with Crippen molar-refractivity contribution in [1.82, 2.24) is 20.2 Å². The molecular weight excluding hydrogens is 437 g/mol. The van der Waals surface area contributed by atoms with Crippen LogP contribution in [0.1, 0.15) is 18.9 Å². The molecule has 2 aromatic carbocycles. The third-order valence-electron chi connectivity index (χ3n) is 4.44. The number of alkyl halides is 3. The molecule has 1 saturated carbocycles. The van der Waals surface area contributed by atoms with Gasteiger partial charge in [0.15, 0.2) is 5.82 Å². The number of halogens is 3. The Labute approximate surface area is 174 Å². The number of sulfonamides is 1. The summed E-state index contributed by atoms with van der Waals surface area (Å²) in [6, 6.07) is 11.1. The molecule has 0 spiro atoms. The molecule has 0 aliphatic heterocycles. The largest absolute Gasteiger partial charge is 0.471 e. The first kappa shape index (κ1) is 20.8. The van der Waals surface area contributed by atoms with Crippen LogP contribution in [-0.4, -0.2) is 40.7 Å². The molecule has 31 heavy (non-hydrogen) atoms. The van der Waals surface area contributed by atoms with Crippen LogP contribution >= 0.6 is 0 Å². The summed E-state index contributed by atoms with van der Waals surface area (Å²) in [5.41, 5.74) is 0.704. The summed E-state index contributed by atoms with van der Waals surface area (Å²) in [5.74, 6) is -1.63. The van der Waals surface area contributed by atoms with Crippen LogP contribution in [0.25, 0.3) is 11.4 Å². The number of rotatable bonds is 6. The molecule has 1 aromatic heterocycles. The Hall–Kier alpha value is -3.48. The second-order valence-electron chi connectivity index (χ2n) is 6.84. The highest BCUT2D eigenvalue weighted by Gasteiger charge is 2.38. The molecule has 0 atom stereocenters. The van der Waals surface area contributed by atoms with Gasteiger partial charge in [-0.2, -0.15) is 13.2 Å². The molecule has 1 fully saturated rings.